The van der Waals surface area contributed by atoms with E-state index in [0.29, 0.717) is 57.9 Å². The van der Waals surface area contributed by atoms with Crippen molar-refractivity contribution in [3.8, 4) is 0 Å². The number of hydrogen-bond acceptors (Lipinski definition) is 4. The highest BCUT2D eigenvalue weighted by molar-refractivity contribution is 6.31. The number of fused-ring (bicyclic) bond motifs is 2. The number of Topliss-reactive ketones (excluding diaryl/α,β-unsaturated/α-hetero) is 1. The van der Waals surface area contributed by atoms with Gasteiger partial charge in [-0.25, -0.2) is 4.98 Å². The van der Waals surface area contributed by atoms with Gasteiger partial charge in [0.25, 0.3) is 0 Å². The number of aromatic nitrogens is 1. The molecule has 5 nitrogen and oxygen atoms in total. The lowest BCUT2D eigenvalue weighted by Crippen LogP contribution is -2.42. The van der Waals surface area contributed by atoms with Gasteiger partial charge in [0.1, 0.15) is 5.69 Å². The topological polar surface area (TPSA) is 71.1 Å². The van der Waals surface area contributed by atoms with Crippen molar-refractivity contribution in [3.05, 3.63) is 69.3 Å². The van der Waals surface area contributed by atoms with E-state index in [-0.39, 0.29) is 35.7 Å². The summed E-state index contributed by atoms with van der Waals surface area (Å²) in [4.78, 5) is 29.0. The largest absolute Gasteiger partial charge is 0.433 e. The summed E-state index contributed by atoms with van der Waals surface area (Å²) < 4.78 is 40.2. The third kappa shape index (κ3) is 5.02. The Morgan fingerprint density at radius 3 is 2.33 bits per heavy atom. The fourth-order valence-corrected chi connectivity index (χ4v) is 5.43. The molecule has 188 valence electrons. The average molecular weight is 536 g/mol. The van der Waals surface area contributed by atoms with Gasteiger partial charge in [-0.05, 0) is 73.7 Å². The summed E-state index contributed by atoms with van der Waals surface area (Å²) >= 11 is 12.2. The number of pyridine rings is 1. The van der Waals surface area contributed by atoms with Crippen molar-refractivity contribution in [2.24, 2.45) is 0 Å². The predicted molar refractivity (Wildman–Crippen MR) is 133 cm³/mol. The van der Waals surface area contributed by atoms with Crippen LogP contribution in [0, 0.1) is 0 Å². The summed E-state index contributed by atoms with van der Waals surface area (Å²) in [7, 11) is 0. The molecule has 0 aliphatic heterocycles. The molecular weight excluding hydrogens is 514 g/mol. The molecule has 2 aromatic carbocycles. The van der Waals surface area contributed by atoms with Crippen molar-refractivity contribution in [2.75, 3.05) is 5.32 Å². The van der Waals surface area contributed by atoms with Crippen molar-refractivity contribution >= 4 is 51.5 Å². The second-order valence-corrected chi connectivity index (χ2v) is 10.2. The number of benzene rings is 2. The molecule has 3 aromatic rings. The molecule has 5 rings (SSSR count). The van der Waals surface area contributed by atoms with Gasteiger partial charge in [0.15, 0.2) is 5.78 Å². The number of carbonyl (C=O) groups excluding carboxylic acids is 2. The first kappa shape index (κ1) is 24.8. The summed E-state index contributed by atoms with van der Waals surface area (Å²) in [5.41, 5.74) is 0.774. The molecule has 0 saturated heterocycles. The van der Waals surface area contributed by atoms with Crippen molar-refractivity contribution in [1.29, 1.82) is 0 Å². The zero-order valence-corrected chi connectivity index (χ0v) is 20.5. The van der Waals surface area contributed by atoms with Crippen LogP contribution in [0.4, 0.5) is 18.9 Å². The SMILES string of the molecule is O=C1CC(C(=O)N[C@H]2CC[C@@H](Nc3cc(C(F)(F)F)nc4ccc(Cl)cc34)CC2)c2cc(Cl)ccc21. The normalized spacial score (nSPS) is 21.9. The number of nitrogens with zero attached hydrogens (tertiary/aromatic N) is 1. The van der Waals surface area contributed by atoms with Crippen LogP contribution in [0.25, 0.3) is 10.9 Å². The van der Waals surface area contributed by atoms with Crippen LogP contribution in [0.1, 0.15) is 59.6 Å². The lowest BCUT2D eigenvalue weighted by molar-refractivity contribution is -0.140. The van der Waals surface area contributed by atoms with Gasteiger partial charge in [-0.15, -0.1) is 0 Å². The first-order valence-electron chi connectivity index (χ1n) is 11.7. The Morgan fingerprint density at radius 1 is 0.944 bits per heavy atom. The van der Waals surface area contributed by atoms with Gasteiger partial charge >= 0.3 is 6.18 Å². The zero-order valence-electron chi connectivity index (χ0n) is 19.0. The third-order valence-corrected chi connectivity index (χ3v) is 7.36. The van der Waals surface area contributed by atoms with E-state index in [2.05, 4.69) is 15.6 Å². The number of rotatable bonds is 4. The molecule has 2 N–H and O–H groups in total. The van der Waals surface area contributed by atoms with Crippen LogP contribution in [-0.4, -0.2) is 28.8 Å². The number of alkyl halides is 3. The Balaban J connectivity index is 1.25. The molecule has 1 aromatic heterocycles. The molecule has 0 spiro atoms. The fourth-order valence-electron chi connectivity index (χ4n) is 5.08. The van der Waals surface area contributed by atoms with Crippen LogP contribution in [0.2, 0.25) is 10.0 Å². The van der Waals surface area contributed by atoms with E-state index in [0.717, 1.165) is 6.07 Å². The minimum atomic E-state index is -4.57. The van der Waals surface area contributed by atoms with Gasteiger partial charge in [-0.1, -0.05) is 23.2 Å². The lowest BCUT2D eigenvalue weighted by atomic mass is 9.90. The molecule has 1 amide bonds. The van der Waals surface area contributed by atoms with Crippen LogP contribution in [-0.2, 0) is 11.0 Å². The summed E-state index contributed by atoms with van der Waals surface area (Å²) in [6.45, 7) is 0. The lowest BCUT2D eigenvalue weighted by Gasteiger charge is -2.31. The minimum absolute atomic E-state index is 0.0716. The maximum absolute atomic E-state index is 13.4. The Bertz CT molecular complexity index is 1350. The smallest absolute Gasteiger partial charge is 0.382 e. The molecule has 0 radical (unpaired) electrons. The van der Waals surface area contributed by atoms with Gasteiger partial charge < -0.3 is 10.6 Å². The summed E-state index contributed by atoms with van der Waals surface area (Å²) in [6.07, 6.45) is -1.83. The molecule has 1 unspecified atom stereocenters. The van der Waals surface area contributed by atoms with Crippen LogP contribution in [0.5, 0.6) is 0 Å². The van der Waals surface area contributed by atoms with E-state index < -0.39 is 17.8 Å². The molecule has 1 saturated carbocycles. The number of anilines is 1. The summed E-state index contributed by atoms with van der Waals surface area (Å²) in [5, 5.41) is 7.71. The van der Waals surface area contributed by atoms with Crippen LogP contribution < -0.4 is 10.6 Å². The average Bonchev–Trinajstić information content (AvgIpc) is 3.15. The quantitative estimate of drug-likeness (QED) is 0.386. The minimum Gasteiger partial charge on any atom is -0.382 e. The molecule has 10 heteroatoms. The van der Waals surface area contributed by atoms with Crippen molar-refractivity contribution in [3.63, 3.8) is 0 Å². The molecule has 1 atom stereocenters. The third-order valence-electron chi connectivity index (χ3n) is 6.89. The van der Waals surface area contributed by atoms with Crippen molar-refractivity contribution in [1.82, 2.24) is 10.3 Å². The monoisotopic (exact) mass is 535 g/mol. The zero-order chi connectivity index (χ0) is 25.6. The Hall–Kier alpha value is -2.84. The van der Waals surface area contributed by atoms with Crippen LogP contribution >= 0.6 is 23.2 Å². The van der Waals surface area contributed by atoms with Crippen LogP contribution in [0.3, 0.4) is 0 Å². The molecule has 2 aliphatic rings. The van der Waals surface area contributed by atoms with E-state index in [1.54, 1.807) is 24.3 Å². The molecule has 1 heterocycles. The highest BCUT2D eigenvalue weighted by atomic mass is 35.5. The van der Waals surface area contributed by atoms with Gasteiger partial charge in [-0.2, -0.15) is 13.2 Å². The molecule has 0 bridgehead atoms. The highest BCUT2D eigenvalue weighted by Gasteiger charge is 2.36. The second-order valence-electron chi connectivity index (χ2n) is 9.33. The van der Waals surface area contributed by atoms with E-state index in [1.165, 1.54) is 12.1 Å². The number of halogens is 5. The van der Waals surface area contributed by atoms with E-state index in [4.69, 9.17) is 23.2 Å². The number of amides is 1. The van der Waals surface area contributed by atoms with Crippen molar-refractivity contribution < 1.29 is 22.8 Å². The Labute approximate surface area is 215 Å². The van der Waals surface area contributed by atoms with Gasteiger partial charge in [0, 0.05) is 45.2 Å². The molecule has 36 heavy (non-hydrogen) atoms. The number of hydrogen-bond donors (Lipinski definition) is 2. The number of carbonyl (C=O) groups is 2. The predicted octanol–water partition coefficient (Wildman–Crippen LogP) is 6.77. The highest BCUT2D eigenvalue weighted by Crippen LogP contribution is 2.37. The van der Waals surface area contributed by atoms with Crippen LogP contribution in [0.15, 0.2) is 42.5 Å². The fraction of sp³-hybridized carbons (Fsp3) is 0.346. The van der Waals surface area contributed by atoms with Gasteiger partial charge in [0.2, 0.25) is 5.91 Å². The first-order chi connectivity index (χ1) is 17.1. The first-order valence-corrected chi connectivity index (χ1v) is 12.4. The maximum atomic E-state index is 13.4. The molecule has 1 fully saturated rings. The van der Waals surface area contributed by atoms with E-state index in [1.807, 2.05) is 0 Å². The number of ketones is 1. The summed E-state index contributed by atoms with van der Waals surface area (Å²) in [5.74, 6) is -0.834. The second kappa shape index (κ2) is 9.56. The number of nitrogens with one attached hydrogen (secondary N) is 2. The Morgan fingerprint density at radius 2 is 1.61 bits per heavy atom. The van der Waals surface area contributed by atoms with E-state index in [9.17, 15) is 22.8 Å². The standard InChI is InChI=1S/C26H22Cl2F3N3O2/c27-13-1-7-17-18(9-13)19(11-23(17)35)25(36)33-16-5-3-15(4-6-16)32-22-12-24(26(29,30)31)34-21-8-2-14(28)10-20(21)22/h1-2,7-10,12,15-16,19H,3-6,11H2,(H,32,34)(H,33,36)/t15-,16+,19?. The molecular formula is C26H22Cl2F3N3O2. The van der Waals surface area contributed by atoms with Gasteiger partial charge in [-0.3, -0.25) is 9.59 Å². The maximum Gasteiger partial charge on any atom is 0.433 e. The summed E-state index contributed by atoms with van der Waals surface area (Å²) in [6, 6.07) is 10.4. The molecule has 2 aliphatic carbocycles. The van der Waals surface area contributed by atoms with Crippen molar-refractivity contribution in [2.45, 2.75) is 56.3 Å². The van der Waals surface area contributed by atoms with E-state index >= 15 is 0 Å². The van der Waals surface area contributed by atoms with Gasteiger partial charge in [0.05, 0.1) is 11.4 Å². The Kier molecular flexibility index (Phi) is 6.59.